The third kappa shape index (κ3) is 4.20. The molecule has 0 aliphatic carbocycles. The first-order chi connectivity index (χ1) is 12.9. The number of carbonyl (C=O) groups is 1. The predicted molar refractivity (Wildman–Crippen MR) is 108 cm³/mol. The second-order valence-corrected chi connectivity index (χ2v) is 7.13. The molecule has 2 N–H and O–H groups in total. The van der Waals surface area contributed by atoms with Gasteiger partial charge in [0.2, 0.25) is 5.75 Å². The van der Waals surface area contributed by atoms with Gasteiger partial charge in [-0.2, -0.15) is 0 Å². The lowest BCUT2D eigenvalue weighted by molar-refractivity contribution is -0.115. The number of benzene rings is 2. The Morgan fingerprint density at radius 3 is 2.44 bits per heavy atom. The first-order valence-electron chi connectivity index (χ1n) is 7.92. The van der Waals surface area contributed by atoms with Crippen LogP contribution < -0.4 is 14.8 Å². The number of aromatic hydroxyl groups is 1. The van der Waals surface area contributed by atoms with Crippen LogP contribution in [0.4, 0.5) is 5.69 Å². The van der Waals surface area contributed by atoms with E-state index >= 15 is 0 Å². The molecule has 1 heterocycles. The zero-order valence-electron chi connectivity index (χ0n) is 14.9. The molecule has 1 amide bonds. The van der Waals surface area contributed by atoms with Gasteiger partial charge in [-0.15, -0.1) is 0 Å². The molecule has 0 spiro atoms. The third-order valence-corrected chi connectivity index (χ3v) is 5.15. The highest BCUT2D eigenvalue weighted by Crippen LogP contribution is 2.38. The lowest BCUT2D eigenvalue weighted by Crippen LogP contribution is -2.19. The molecular formula is C19H17ClN2O4S. The lowest BCUT2D eigenvalue weighted by Gasteiger charge is -2.09. The Morgan fingerprint density at radius 2 is 1.85 bits per heavy atom. The zero-order valence-corrected chi connectivity index (χ0v) is 16.4. The van der Waals surface area contributed by atoms with Crippen LogP contribution in [0.5, 0.6) is 17.2 Å². The maximum atomic E-state index is 12.3. The van der Waals surface area contributed by atoms with E-state index in [1.807, 2.05) is 19.1 Å². The summed E-state index contributed by atoms with van der Waals surface area (Å²) in [6, 6.07) is 8.68. The van der Waals surface area contributed by atoms with Crippen LogP contribution in [0, 0.1) is 6.92 Å². The molecule has 0 bridgehead atoms. The van der Waals surface area contributed by atoms with Crippen LogP contribution in [0.25, 0.3) is 6.08 Å². The number of nitrogens with one attached hydrogen (secondary N) is 1. The van der Waals surface area contributed by atoms with E-state index in [4.69, 9.17) is 21.1 Å². The summed E-state index contributed by atoms with van der Waals surface area (Å²) in [4.78, 5) is 17.1. The van der Waals surface area contributed by atoms with Crippen molar-refractivity contribution in [2.45, 2.75) is 6.92 Å². The van der Waals surface area contributed by atoms with Crippen LogP contribution in [0.3, 0.4) is 0 Å². The minimum absolute atomic E-state index is 0.0934. The molecule has 0 unspecified atom stereocenters. The van der Waals surface area contributed by atoms with E-state index in [0.29, 0.717) is 26.3 Å². The second kappa shape index (κ2) is 7.94. The molecule has 140 valence electrons. The van der Waals surface area contributed by atoms with Crippen LogP contribution in [-0.4, -0.2) is 30.4 Å². The number of phenolic OH excluding ortho intramolecular Hbond substituents is 1. The number of halogens is 1. The van der Waals surface area contributed by atoms with Crippen molar-refractivity contribution in [1.29, 1.82) is 0 Å². The van der Waals surface area contributed by atoms with Crippen molar-refractivity contribution in [2.75, 3.05) is 14.2 Å². The van der Waals surface area contributed by atoms with Crippen LogP contribution in [0.15, 0.2) is 40.2 Å². The first kappa shape index (κ1) is 19.1. The molecule has 6 nitrogen and oxygen atoms in total. The second-order valence-electron chi connectivity index (χ2n) is 5.69. The highest BCUT2D eigenvalue weighted by Gasteiger charge is 2.24. The van der Waals surface area contributed by atoms with Crippen molar-refractivity contribution in [3.63, 3.8) is 0 Å². The number of nitrogens with zero attached hydrogens (tertiary/aromatic N) is 1. The van der Waals surface area contributed by atoms with Crippen LogP contribution >= 0.6 is 23.4 Å². The number of rotatable bonds is 4. The number of phenols is 1. The molecule has 0 aromatic heterocycles. The fourth-order valence-corrected chi connectivity index (χ4v) is 3.41. The highest BCUT2D eigenvalue weighted by atomic mass is 35.5. The van der Waals surface area contributed by atoms with Gasteiger partial charge in [0.25, 0.3) is 5.91 Å². The van der Waals surface area contributed by atoms with Crippen molar-refractivity contribution in [2.24, 2.45) is 4.99 Å². The standard InChI is InChI=1S/C19H17ClN2O4S/c1-10-4-5-12(9-13(10)20)21-19-22-18(24)16(27-19)8-11-6-14(25-2)17(23)15(7-11)26-3/h4-9,23H,1-3H3,(H,21,22,24)/b16-8+. The minimum atomic E-state index is -0.261. The number of amidine groups is 1. The number of hydrogen-bond acceptors (Lipinski definition) is 6. The average Bonchev–Trinajstić information content (AvgIpc) is 2.98. The Hall–Kier alpha value is -2.64. The smallest absolute Gasteiger partial charge is 0.264 e. The van der Waals surface area contributed by atoms with Crippen molar-refractivity contribution in [1.82, 2.24) is 5.32 Å². The monoisotopic (exact) mass is 404 g/mol. The number of thioether (sulfide) groups is 1. The van der Waals surface area contributed by atoms with Gasteiger partial charge in [0.15, 0.2) is 16.7 Å². The Morgan fingerprint density at radius 1 is 1.19 bits per heavy atom. The van der Waals surface area contributed by atoms with Crippen LogP contribution in [0.1, 0.15) is 11.1 Å². The third-order valence-electron chi connectivity index (χ3n) is 3.84. The largest absolute Gasteiger partial charge is 0.502 e. The summed E-state index contributed by atoms with van der Waals surface area (Å²) < 4.78 is 10.3. The van der Waals surface area contributed by atoms with E-state index in [1.54, 1.807) is 24.3 Å². The Balaban J connectivity index is 1.89. The maximum absolute atomic E-state index is 12.3. The quantitative estimate of drug-likeness (QED) is 0.744. The Labute approximate surface area is 165 Å². The van der Waals surface area contributed by atoms with Gasteiger partial charge in [-0.3, -0.25) is 4.79 Å². The zero-order chi connectivity index (χ0) is 19.6. The fraction of sp³-hybridized carbons (Fsp3) is 0.158. The number of aliphatic imine (C=N–C) groups is 1. The maximum Gasteiger partial charge on any atom is 0.264 e. The minimum Gasteiger partial charge on any atom is -0.502 e. The summed E-state index contributed by atoms with van der Waals surface area (Å²) in [5.74, 6) is 0.160. The molecule has 2 aromatic rings. The van der Waals surface area contributed by atoms with Crippen molar-refractivity contribution >= 4 is 46.2 Å². The first-order valence-corrected chi connectivity index (χ1v) is 9.11. The molecule has 1 saturated heterocycles. The molecule has 0 radical (unpaired) electrons. The summed E-state index contributed by atoms with van der Waals surface area (Å²) in [6.07, 6.45) is 1.68. The van der Waals surface area contributed by atoms with E-state index in [9.17, 15) is 9.90 Å². The number of amides is 1. The van der Waals surface area contributed by atoms with Gasteiger partial charge in [0, 0.05) is 5.02 Å². The number of aryl methyl sites for hydroxylation is 1. The van der Waals surface area contributed by atoms with E-state index < -0.39 is 0 Å². The highest BCUT2D eigenvalue weighted by molar-refractivity contribution is 8.18. The molecule has 3 rings (SSSR count). The Kier molecular flexibility index (Phi) is 5.62. The summed E-state index contributed by atoms with van der Waals surface area (Å²) in [6.45, 7) is 1.91. The number of hydrogen-bond donors (Lipinski definition) is 2. The number of carbonyl (C=O) groups excluding carboxylic acids is 1. The SMILES string of the molecule is COc1cc(/C=C2/SC(=Nc3ccc(C)c(Cl)c3)NC2=O)cc(OC)c1O. The van der Waals surface area contributed by atoms with Gasteiger partial charge >= 0.3 is 0 Å². The Bertz CT molecular complexity index is 947. The van der Waals surface area contributed by atoms with Gasteiger partial charge in [0.05, 0.1) is 24.8 Å². The van der Waals surface area contributed by atoms with Crippen molar-refractivity contribution < 1.29 is 19.4 Å². The van der Waals surface area contributed by atoms with Gasteiger partial charge < -0.3 is 19.9 Å². The number of ether oxygens (including phenoxy) is 2. The van der Waals surface area contributed by atoms with Gasteiger partial charge in [-0.05, 0) is 60.2 Å². The van der Waals surface area contributed by atoms with Gasteiger partial charge in [-0.25, -0.2) is 4.99 Å². The van der Waals surface area contributed by atoms with E-state index in [2.05, 4.69) is 10.3 Å². The van der Waals surface area contributed by atoms with Crippen LogP contribution in [-0.2, 0) is 4.79 Å². The topological polar surface area (TPSA) is 80.2 Å². The van der Waals surface area contributed by atoms with E-state index in [1.165, 1.54) is 26.0 Å². The van der Waals surface area contributed by atoms with Crippen molar-refractivity contribution in [3.05, 3.63) is 51.4 Å². The van der Waals surface area contributed by atoms with Gasteiger partial charge in [0.1, 0.15) is 0 Å². The number of methoxy groups -OCH3 is 2. The molecule has 2 aromatic carbocycles. The molecule has 27 heavy (non-hydrogen) atoms. The molecule has 8 heteroatoms. The summed E-state index contributed by atoms with van der Waals surface area (Å²) in [5, 5.41) is 13.8. The van der Waals surface area contributed by atoms with Gasteiger partial charge in [-0.1, -0.05) is 17.7 Å². The molecular weight excluding hydrogens is 388 g/mol. The molecule has 0 atom stereocenters. The molecule has 1 fully saturated rings. The van der Waals surface area contributed by atoms with Crippen LogP contribution in [0.2, 0.25) is 5.02 Å². The van der Waals surface area contributed by atoms with E-state index in [-0.39, 0.29) is 23.2 Å². The van der Waals surface area contributed by atoms with Crippen molar-refractivity contribution in [3.8, 4) is 17.2 Å². The summed E-state index contributed by atoms with van der Waals surface area (Å²) in [7, 11) is 2.89. The average molecular weight is 405 g/mol. The fourth-order valence-electron chi connectivity index (χ4n) is 2.40. The molecule has 0 saturated carbocycles. The summed E-state index contributed by atoms with van der Waals surface area (Å²) in [5.41, 5.74) is 2.26. The lowest BCUT2D eigenvalue weighted by atomic mass is 10.1. The molecule has 1 aliphatic rings. The normalized spacial score (nSPS) is 16.7. The van der Waals surface area contributed by atoms with E-state index in [0.717, 1.165) is 5.56 Å². The molecule has 1 aliphatic heterocycles. The predicted octanol–water partition coefficient (Wildman–Crippen LogP) is 4.26. The summed E-state index contributed by atoms with van der Waals surface area (Å²) >= 11 is 7.33.